The first-order valence-corrected chi connectivity index (χ1v) is 18.1. The normalized spacial score (nSPS) is 20.3. The lowest BCUT2D eigenvalue weighted by Gasteiger charge is -2.34. The number of amides is 1. The minimum absolute atomic E-state index is 0.00702. The monoisotopic (exact) mass is 737 g/mol. The van der Waals surface area contributed by atoms with Crippen molar-refractivity contribution in [1.29, 1.82) is 0 Å². The van der Waals surface area contributed by atoms with Crippen molar-refractivity contribution in [3.8, 4) is 0 Å². The molecule has 1 atom stereocenters. The molecule has 42 heavy (non-hydrogen) atoms. The third-order valence-electron chi connectivity index (χ3n) is 7.37. The van der Waals surface area contributed by atoms with Gasteiger partial charge >= 0.3 is 0 Å². The van der Waals surface area contributed by atoms with Gasteiger partial charge in [-0.25, -0.2) is 26.7 Å². The number of sulfonamides is 2. The Balaban J connectivity index is 1.54. The average molecular weight is 740 g/mol. The second kappa shape index (κ2) is 12.0. The summed E-state index contributed by atoms with van der Waals surface area (Å²) in [6, 6.07) is 12.1. The van der Waals surface area contributed by atoms with Crippen LogP contribution < -0.4 is 4.90 Å². The zero-order valence-corrected chi connectivity index (χ0v) is 27.9. The Labute approximate surface area is 268 Å². The number of carbonyl (C=O) groups excluding carboxylic acids is 1. The Hall–Kier alpha value is -1.71. The molecule has 0 N–H and O–H groups in total. The minimum Gasteiger partial charge on any atom is -0.284 e. The molecule has 0 aliphatic carbocycles. The second-order valence-electron chi connectivity index (χ2n) is 10.2. The topological polar surface area (TPSA) is 113 Å². The summed E-state index contributed by atoms with van der Waals surface area (Å²) in [7, 11) is -7.75. The number of halogens is 4. The molecule has 1 saturated heterocycles. The van der Waals surface area contributed by atoms with Crippen molar-refractivity contribution in [2.24, 2.45) is 0 Å². The minimum atomic E-state index is -4.19. The van der Waals surface area contributed by atoms with E-state index in [2.05, 4.69) is 20.9 Å². The van der Waals surface area contributed by atoms with Crippen LogP contribution in [0.1, 0.15) is 18.9 Å². The summed E-state index contributed by atoms with van der Waals surface area (Å²) in [5, 5.41) is 0.438. The van der Waals surface area contributed by atoms with Crippen molar-refractivity contribution in [3.63, 3.8) is 0 Å². The Morgan fingerprint density at radius 2 is 1.55 bits per heavy atom. The van der Waals surface area contributed by atoms with E-state index in [0.29, 0.717) is 22.2 Å². The standard InChI is InChI=1S/C26H27BrCl3N5O5S2/c1-26(16-18-3-5-19(27)6-4-18)24(36)34(22-14-20(29)13-21(30)15-22)25-31-17-23(35(25)26)42(39,40)33-10-8-32(9-11-33)41(37,38)12-2-7-28/h3-6,13-15,17H,2,7-12,16H2,1H3/t26-/m1/s1. The smallest absolute Gasteiger partial charge is 0.260 e. The molecule has 0 radical (unpaired) electrons. The van der Waals surface area contributed by atoms with E-state index in [4.69, 9.17) is 34.8 Å². The lowest BCUT2D eigenvalue weighted by molar-refractivity contribution is -0.124. The van der Waals surface area contributed by atoms with Crippen molar-refractivity contribution < 1.29 is 21.6 Å². The number of imidazole rings is 1. The summed E-state index contributed by atoms with van der Waals surface area (Å²) < 4.78 is 58.3. The zero-order valence-electron chi connectivity index (χ0n) is 22.4. The van der Waals surface area contributed by atoms with Gasteiger partial charge in [0.25, 0.3) is 15.9 Å². The fourth-order valence-electron chi connectivity index (χ4n) is 5.30. The summed E-state index contributed by atoms with van der Waals surface area (Å²) in [6.07, 6.45) is 1.71. The van der Waals surface area contributed by atoms with Crippen LogP contribution in [0.5, 0.6) is 0 Å². The molecule has 1 fully saturated rings. The lowest BCUT2D eigenvalue weighted by Crippen LogP contribution is -2.51. The molecule has 2 aromatic carbocycles. The van der Waals surface area contributed by atoms with Crippen molar-refractivity contribution >= 4 is 88.3 Å². The van der Waals surface area contributed by atoms with Gasteiger partial charge in [-0.3, -0.25) is 9.36 Å². The second-order valence-corrected chi connectivity index (χ2v) is 16.4. The molecule has 5 rings (SSSR count). The number of fused-ring (bicyclic) bond motifs is 1. The number of hydrogen-bond acceptors (Lipinski definition) is 6. The van der Waals surface area contributed by atoms with E-state index in [1.54, 1.807) is 19.1 Å². The highest BCUT2D eigenvalue weighted by molar-refractivity contribution is 9.10. The lowest BCUT2D eigenvalue weighted by atomic mass is 9.92. The summed E-state index contributed by atoms with van der Waals surface area (Å²) in [6.45, 7) is 1.59. The van der Waals surface area contributed by atoms with Gasteiger partial charge in [-0.2, -0.15) is 8.61 Å². The van der Waals surface area contributed by atoms with Crippen LogP contribution in [0.25, 0.3) is 0 Å². The van der Waals surface area contributed by atoms with Crippen LogP contribution in [-0.2, 0) is 36.8 Å². The predicted molar refractivity (Wildman–Crippen MR) is 167 cm³/mol. The van der Waals surface area contributed by atoms with E-state index in [1.165, 1.54) is 30.3 Å². The van der Waals surface area contributed by atoms with E-state index < -0.39 is 31.5 Å². The maximum absolute atomic E-state index is 14.2. The highest BCUT2D eigenvalue weighted by atomic mass is 79.9. The third kappa shape index (κ3) is 5.86. The Morgan fingerprint density at radius 3 is 2.14 bits per heavy atom. The average Bonchev–Trinajstić information content (AvgIpc) is 3.47. The Morgan fingerprint density at radius 1 is 0.952 bits per heavy atom. The molecule has 0 bridgehead atoms. The Bertz CT molecular complexity index is 1710. The van der Waals surface area contributed by atoms with Crippen LogP contribution in [0.2, 0.25) is 10.0 Å². The van der Waals surface area contributed by atoms with Crippen LogP contribution in [-0.4, -0.2) is 78.7 Å². The van der Waals surface area contributed by atoms with Gasteiger partial charge in [-0.1, -0.05) is 51.3 Å². The SMILES string of the molecule is C[C@@]1(Cc2ccc(Br)cc2)C(=O)N(c2cc(Cl)cc(Cl)c2)c2ncc(S(=O)(=O)N3CCN(S(=O)(=O)CCCCl)CC3)n21. The predicted octanol–water partition coefficient (Wildman–Crippen LogP) is 4.85. The first kappa shape index (κ1) is 31.7. The van der Waals surface area contributed by atoms with Crippen molar-refractivity contribution in [2.45, 2.75) is 30.3 Å². The van der Waals surface area contributed by atoms with Crippen molar-refractivity contribution in [3.05, 3.63) is 68.7 Å². The highest BCUT2D eigenvalue weighted by Crippen LogP contribution is 2.45. The maximum Gasteiger partial charge on any atom is 0.260 e. The molecular formula is C26H27BrCl3N5O5S2. The first-order valence-electron chi connectivity index (χ1n) is 13.0. The number of benzene rings is 2. The maximum atomic E-state index is 14.2. The molecule has 10 nitrogen and oxygen atoms in total. The van der Waals surface area contributed by atoms with Gasteiger partial charge in [0, 0.05) is 53.0 Å². The van der Waals surface area contributed by atoms with Gasteiger partial charge in [0.1, 0.15) is 5.54 Å². The van der Waals surface area contributed by atoms with Gasteiger partial charge in [0.05, 0.1) is 17.6 Å². The van der Waals surface area contributed by atoms with Crippen LogP contribution in [0.4, 0.5) is 11.6 Å². The quantitative estimate of drug-likeness (QED) is 0.290. The van der Waals surface area contributed by atoms with E-state index in [-0.39, 0.29) is 55.2 Å². The van der Waals surface area contributed by atoms with Crippen LogP contribution >= 0.6 is 50.7 Å². The summed E-state index contributed by atoms with van der Waals surface area (Å²) in [5.41, 5.74) is -0.230. The van der Waals surface area contributed by atoms with E-state index in [0.717, 1.165) is 10.0 Å². The molecule has 2 aliphatic heterocycles. The summed E-state index contributed by atoms with van der Waals surface area (Å²) >= 11 is 21.6. The summed E-state index contributed by atoms with van der Waals surface area (Å²) in [5.74, 6) is -0.174. The molecule has 1 aromatic heterocycles. The number of nitrogens with zero attached hydrogens (tertiary/aromatic N) is 5. The molecule has 3 heterocycles. The van der Waals surface area contributed by atoms with Gasteiger partial charge in [-0.05, 0) is 49.2 Å². The molecule has 3 aromatic rings. The summed E-state index contributed by atoms with van der Waals surface area (Å²) in [4.78, 5) is 20.0. The number of rotatable bonds is 9. The molecule has 226 valence electrons. The molecule has 0 spiro atoms. The molecule has 16 heteroatoms. The van der Waals surface area contributed by atoms with Crippen LogP contribution in [0.3, 0.4) is 0 Å². The number of hydrogen-bond donors (Lipinski definition) is 0. The van der Waals surface area contributed by atoms with Crippen molar-refractivity contribution in [2.75, 3.05) is 42.7 Å². The van der Waals surface area contributed by atoms with E-state index in [9.17, 15) is 21.6 Å². The third-order valence-corrected chi connectivity index (χ3v) is 12.4. The number of alkyl halides is 1. The largest absolute Gasteiger partial charge is 0.284 e. The highest BCUT2D eigenvalue weighted by Gasteiger charge is 2.52. The van der Waals surface area contributed by atoms with E-state index in [1.807, 2.05) is 24.3 Å². The fourth-order valence-corrected chi connectivity index (χ4v) is 9.47. The molecule has 0 unspecified atom stereocenters. The van der Waals surface area contributed by atoms with Crippen LogP contribution in [0, 0.1) is 0 Å². The molecule has 2 aliphatic rings. The van der Waals surface area contributed by atoms with Gasteiger partial charge in [0.15, 0.2) is 5.03 Å². The molecule has 0 saturated carbocycles. The molecule has 1 amide bonds. The number of piperazine rings is 1. The number of carbonyl (C=O) groups is 1. The van der Waals surface area contributed by atoms with Crippen LogP contribution in [0.15, 0.2) is 58.2 Å². The van der Waals surface area contributed by atoms with Gasteiger partial charge in [-0.15, -0.1) is 11.6 Å². The van der Waals surface area contributed by atoms with E-state index >= 15 is 0 Å². The van der Waals surface area contributed by atoms with Crippen molar-refractivity contribution in [1.82, 2.24) is 18.2 Å². The fraction of sp³-hybridized carbons (Fsp3) is 0.385. The number of aromatic nitrogens is 2. The number of anilines is 2. The van der Waals surface area contributed by atoms with Gasteiger partial charge < -0.3 is 0 Å². The first-order chi connectivity index (χ1) is 19.8. The van der Waals surface area contributed by atoms with Gasteiger partial charge in [0.2, 0.25) is 16.0 Å². The molecular weight excluding hydrogens is 713 g/mol. The zero-order chi connectivity index (χ0) is 30.4. The Kier molecular flexibility index (Phi) is 9.06.